The summed E-state index contributed by atoms with van der Waals surface area (Å²) in [5.74, 6) is -0.686. The van der Waals surface area contributed by atoms with Gasteiger partial charge in [-0.05, 0) is 19.1 Å². The van der Waals surface area contributed by atoms with Crippen LogP contribution in [0.25, 0.3) is 0 Å². The number of alkyl halides is 1. The van der Waals surface area contributed by atoms with Gasteiger partial charge in [-0.15, -0.1) is 0 Å². The van der Waals surface area contributed by atoms with Crippen molar-refractivity contribution in [3.05, 3.63) is 30.1 Å². The highest BCUT2D eigenvalue weighted by atomic mass is 79.9. The van der Waals surface area contributed by atoms with Gasteiger partial charge < -0.3 is 5.32 Å². The van der Waals surface area contributed by atoms with Crippen molar-refractivity contribution in [2.45, 2.75) is 11.8 Å². The van der Waals surface area contributed by atoms with Gasteiger partial charge in [0.15, 0.2) is 0 Å². The van der Waals surface area contributed by atoms with Crippen LogP contribution in [-0.2, 0) is 4.79 Å². The molecule has 1 atom stereocenters. The van der Waals surface area contributed by atoms with E-state index in [0.29, 0.717) is 0 Å². The van der Waals surface area contributed by atoms with E-state index in [1.165, 1.54) is 12.1 Å². The Morgan fingerprint density at radius 2 is 2.15 bits per heavy atom. The summed E-state index contributed by atoms with van der Waals surface area (Å²) < 4.78 is 13.0. The lowest BCUT2D eigenvalue weighted by atomic mass is 10.3. The fourth-order valence-electron chi connectivity index (χ4n) is 0.795. The Labute approximate surface area is 84.3 Å². The number of rotatable bonds is 2. The highest BCUT2D eigenvalue weighted by Gasteiger charge is 2.10. The van der Waals surface area contributed by atoms with E-state index in [-0.39, 0.29) is 16.4 Å². The maximum atomic E-state index is 13.0. The standard InChI is InChI=1S/C9H9BrFNO/c1-6(10)9(13)12-8-5-3-2-4-7(8)11/h2-6H,1H3,(H,12,13)/t6-/m1/s1. The molecule has 0 saturated heterocycles. The molecule has 0 radical (unpaired) electrons. The number of halogens is 2. The molecule has 1 amide bonds. The Hall–Kier alpha value is -0.900. The summed E-state index contributed by atoms with van der Waals surface area (Å²) in [5, 5.41) is 2.45. The fraction of sp³-hybridized carbons (Fsp3) is 0.222. The van der Waals surface area contributed by atoms with Crippen molar-refractivity contribution in [1.29, 1.82) is 0 Å². The molecule has 1 aromatic rings. The van der Waals surface area contributed by atoms with Crippen LogP contribution in [0.2, 0.25) is 0 Å². The number of benzene rings is 1. The lowest BCUT2D eigenvalue weighted by molar-refractivity contribution is -0.115. The Morgan fingerprint density at radius 3 is 2.69 bits per heavy atom. The van der Waals surface area contributed by atoms with Crippen LogP contribution in [0.3, 0.4) is 0 Å². The first-order valence-electron chi connectivity index (χ1n) is 3.80. The van der Waals surface area contributed by atoms with Crippen molar-refractivity contribution < 1.29 is 9.18 Å². The number of para-hydroxylation sites is 1. The minimum atomic E-state index is -0.427. The highest BCUT2D eigenvalue weighted by molar-refractivity contribution is 9.10. The van der Waals surface area contributed by atoms with Crippen LogP contribution in [0, 0.1) is 5.82 Å². The van der Waals surface area contributed by atoms with Crippen LogP contribution in [0.1, 0.15) is 6.92 Å². The topological polar surface area (TPSA) is 29.1 Å². The van der Waals surface area contributed by atoms with Gasteiger partial charge >= 0.3 is 0 Å². The quantitative estimate of drug-likeness (QED) is 0.798. The van der Waals surface area contributed by atoms with E-state index in [9.17, 15) is 9.18 Å². The first kappa shape index (κ1) is 10.2. The monoisotopic (exact) mass is 245 g/mol. The third-order valence-electron chi connectivity index (χ3n) is 1.49. The number of nitrogens with one attached hydrogen (secondary N) is 1. The van der Waals surface area contributed by atoms with Gasteiger partial charge in [0.05, 0.1) is 10.5 Å². The number of amides is 1. The molecule has 1 N–H and O–H groups in total. The van der Waals surface area contributed by atoms with Crippen LogP contribution in [0.4, 0.5) is 10.1 Å². The molecule has 0 heterocycles. The second kappa shape index (κ2) is 4.37. The Bertz CT molecular complexity index is 314. The fourth-order valence-corrected chi connectivity index (χ4v) is 0.909. The van der Waals surface area contributed by atoms with Crippen molar-refractivity contribution >= 4 is 27.5 Å². The highest BCUT2D eigenvalue weighted by Crippen LogP contribution is 2.13. The normalized spacial score (nSPS) is 12.2. The molecule has 0 fully saturated rings. The van der Waals surface area contributed by atoms with Gasteiger partial charge in [-0.1, -0.05) is 28.1 Å². The van der Waals surface area contributed by atoms with E-state index in [1.54, 1.807) is 19.1 Å². The zero-order chi connectivity index (χ0) is 9.84. The molecule has 13 heavy (non-hydrogen) atoms. The molecule has 70 valence electrons. The van der Waals surface area contributed by atoms with Crippen molar-refractivity contribution in [2.24, 2.45) is 0 Å². The predicted molar refractivity (Wildman–Crippen MR) is 53.4 cm³/mol. The van der Waals surface area contributed by atoms with Gasteiger partial charge in [-0.2, -0.15) is 0 Å². The van der Waals surface area contributed by atoms with Gasteiger partial charge in [-0.25, -0.2) is 4.39 Å². The molecule has 0 unspecified atom stereocenters. The minimum Gasteiger partial charge on any atom is -0.323 e. The summed E-state index contributed by atoms with van der Waals surface area (Å²) in [4.78, 5) is 10.8. The number of carbonyl (C=O) groups is 1. The molecule has 0 spiro atoms. The van der Waals surface area contributed by atoms with Gasteiger partial charge in [0.25, 0.3) is 0 Å². The van der Waals surface area contributed by atoms with Gasteiger partial charge in [0, 0.05) is 0 Å². The molecule has 1 rings (SSSR count). The molecule has 1 aromatic carbocycles. The van der Waals surface area contributed by atoms with Gasteiger partial charge in [-0.3, -0.25) is 4.79 Å². The van der Waals surface area contributed by atoms with Crippen LogP contribution < -0.4 is 5.32 Å². The smallest absolute Gasteiger partial charge is 0.237 e. The van der Waals surface area contributed by atoms with E-state index in [4.69, 9.17) is 0 Å². The zero-order valence-corrected chi connectivity index (χ0v) is 8.64. The molecule has 4 heteroatoms. The Balaban J connectivity index is 2.75. The summed E-state index contributed by atoms with van der Waals surface area (Å²) >= 11 is 3.09. The maximum absolute atomic E-state index is 13.0. The largest absolute Gasteiger partial charge is 0.323 e. The molecule has 0 aliphatic rings. The summed E-state index contributed by atoms with van der Waals surface area (Å²) in [6, 6.07) is 6.05. The molecule has 0 aromatic heterocycles. The van der Waals surface area contributed by atoms with Gasteiger partial charge in [0.2, 0.25) is 5.91 Å². The molecule has 0 aliphatic carbocycles. The lowest BCUT2D eigenvalue weighted by Crippen LogP contribution is -2.20. The maximum Gasteiger partial charge on any atom is 0.237 e. The summed E-state index contributed by atoms with van der Waals surface area (Å²) in [5.41, 5.74) is 0.207. The van der Waals surface area contributed by atoms with E-state index < -0.39 is 5.82 Å². The molecule has 2 nitrogen and oxygen atoms in total. The third kappa shape index (κ3) is 2.81. The summed E-state index contributed by atoms with van der Waals surface area (Å²) in [7, 11) is 0. The third-order valence-corrected chi connectivity index (χ3v) is 1.91. The van der Waals surface area contributed by atoms with E-state index in [0.717, 1.165) is 0 Å². The molecule has 0 aliphatic heterocycles. The van der Waals surface area contributed by atoms with Crippen LogP contribution in [0.15, 0.2) is 24.3 Å². The first-order valence-corrected chi connectivity index (χ1v) is 4.72. The minimum absolute atomic E-state index is 0.207. The number of hydrogen-bond acceptors (Lipinski definition) is 1. The van der Waals surface area contributed by atoms with E-state index in [1.807, 2.05) is 0 Å². The molecule has 0 saturated carbocycles. The SMILES string of the molecule is C[C@@H](Br)C(=O)Nc1ccccc1F. The summed E-state index contributed by atoms with van der Waals surface area (Å²) in [6.07, 6.45) is 0. The molecular formula is C9H9BrFNO. The average molecular weight is 246 g/mol. The van der Waals surface area contributed by atoms with Crippen molar-refractivity contribution in [2.75, 3.05) is 5.32 Å². The average Bonchev–Trinajstić information content (AvgIpc) is 2.08. The van der Waals surface area contributed by atoms with Crippen LogP contribution in [0.5, 0.6) is 0 Å². The zero-order valence-electron chi connectivity index (χ0n) is 7.05. The van der Waals surface area contributed by atoms with Crippen molar-refractivity contribution in [3.63, 3.8) is 0 Å². The second-order valence-electron chi connectivity index (χ2n) is 2.59. The number of anilines is 1. The van der Waals surface area contributed by atoms with Crippen molar-refractivity contribution in [3.8, 4) is 0 Å². The van der Waals surface area contributed by atoms with Crippen LogP contribution in [-0.4, -0.2) is 10.7 Å². The second-order valence-corrected chi connectivity index (χ2v) is 3.96. The summed E-state index contributed by atoms with van der Waals surface area (Å²) in [6.45, 7) is 1.68. The van der Waals surface area contributed by atoms with E-state index >= 15 is 0 Å². The molecular weight excluding hydrogens is 237 g/mol. The van der Waals surface area contributed by atoms with Crippen LogP contribution >= 0.6 is 15.9 Å². The van der Waals surface area contributed by atoms with Crippen molar-refractivity contribution in [1.82, 2.24) is 0 Å². The first-order chi connectivity index (χ1) is 6.11. The molecule has 0 bridgehead atoms. The number of carbonyl (C=O) groups excluding carboxylic acids is 1. The predicted octanol–water partition coefficient (Wildman–Crippen LogP) is 2.55. The Kier molecular flexibility index (Phi) is 3.42. The van der Waals surface area contributed by atoms with E-state index in [2.05, 4.69) is 21.2 Å². The number of hydrogen-bond donors (Lipinski definition) is 1. The lowest BCUT2D eigenvalue weighted by Gasteiger charge is -2.06. The Morgan fingerprint density at radius 1 is 1.54 bits per heavy atom. The van der Waals surface area contributed by atoms with Gasteiger partial charge in [0.1, 0.15) is 5.82 Å².